The van der Waals surface area contributed by atoms with Crippen LogP contribution in [0.4, 0.5) is 5.69 Å². The molecule has 5 heteroatoms. The molecule has 0 saturated heterocycles. The third kappa shape index (κ3) is 6.67. The molecule has 0 fully saturated rings. The number of hydrogen-bond donors (Lipinski definition) is 1. The van der Waals surface area contributed by atoms with Crippen molar-refractivity contribution in [2.75, 3.05) is 5.73 Å². The number of aromatic nitrogens is 1. The summed E-state index contributed by atoms with van der Waals surface area (Å²) in [5.41, 5.74) is 11.7. The van der Waals surface area contributed by atoms with E-state index in [4.69, 9.17) is 24.9 Å². The van der Waals surface area contributed by atoms with Crippen molar-refractivity contribution in [3.63, 3.8) is 0 Å². The quantitative estimate of drug-likeness (QED) is 0.213. The molecule has 0 atom stereocenters. The van der Waals surface area contributed by atoms with E-state index in [0.29, 0.717) is 43.0 Å². The molecule has 0 aliphatic carbocycles. The lowest BCUT2D eigenvalue weighted by molar-refractivity contribution is 0.268. The second-order valence-corrected chi connectivity index (χ2v) is 8.62. The summed E-state index contributed by atoms with van der Waals surface area (Å²) in [4.78, 5) is 4.71. The van der Waals surface area contributed by atoms with Crippen LogP contribution in [-0.2, 0) is 19.8 Å². The number of nitrogens with two attached hydrogens (primary N) is 1. The number of anilines is 1. The van der Waals surface area contributed by atoms with Crippen molar-refractivity contribution >= 4 is 5.69 Å². The zero-order chi connectivity index (χ0) is 25.3. The van der Waals surface area contributed by atoms with Crippen molar-refractivity contribution in [1.82, 2.24) is 4.98 Å². The van der Waals surface area contributed by atoms with Crippen molar-refractivity contribution < 1.29 is 14.2 Å². The van der Waals surface area contributed by atoms with Gasteiger partial charge in [-0.15, -0.1) is 0 Å². The molecule has 0 saturated carbocycles. The molecule has 184 valence electrons. The maximum Gasteiger partial charge on any atom is 0.225 e. The zero-order valence-electron chi connectivity index (χ0n) is 20.4. The summed E-state index contributed by atoms with van der Waals surface area (Å²) in [5, 5.41) is 0. The summed E-state index contributed by atoms with van der Waals surface area (Å²) in [6.45, 7) is 1.25. The zero-order valence-corrected chi connectivity index (χ0v) is 20.4. The third-order valence-electron chi connectivity index (χ3n) is 5.77. The highest BCUT2D eigenvalue weighted by atomic mass is 16.5. The van der Waals surface area contributed by atoms with E-state index >= 15 is 0 Å². The monoisotopic (exact) mass is 488 g/mol. The molecule has 0 aliphatic heterocycles. The fourth-order valence-electron chi connectivity index (χ4n) is 3.89. The number of ether oxygens (including phenoxy) is 3. The number of benzene rings is 4. The molecule has 0 aliphatic rings. The van der Waals surface area contributed by atoms with Crippen molar-refractivity contribution in [2.24, 2.45) is 0 Å². The Morgan fingerprint density at radius 3 is 1.68 bits per heavy atom. The number of hydrogen-bond acceptors (Lipinski definition) is 5. The maximum absolute atomic E-state index is 6.26. The molecule has 1 aromatic heterocycles. The summed E-state index contributed by atoms with van der Waals surface area (Å²) in [6, 6.07) is 39.5. The third-order valence-corrected chi connectivity index (χ3v) is 5.77. The van der Waals surface area contributed by atoms with Crippen LogP contribution in [-0.4, -0.2) is 4.98 Å². The predicted octanol–water partition coefficient (Wildman–Crippen LogP) is 7.07. The van der Waals surface area contributed by atoms with Gasteiger partial charge in [0.05, 0.1) is 0 Å². The first-order valence-corrected chi connectivity index (χ1v) is 12.1. The normalized spacial score (nSPS) is 10.6. The number of nitrogens with zero attached hydrogens (tertiary/aromatic N) is 1. The minimum Gasteiger partial charge on any atom is -0.489 e. The Morgan fingerprint density at radius 1 is 0.541 bits per heavy atom. The molecule has 2 N–H and O–H groups in total. The topological polar surface area (TPSA) is 66.6 Å². The molecule has 0 unspecified atom stereocenters. The molecule has 0 bridgehead atoms. The van der Waals surface area contributed by atoms with Crippen LogP contribution in [0.1, 0.15) is 16.7 Å². The first kappa shape index (κ1) is 23.9. The molecule has 5 aromatic rings. The van der Waals surface area contributed by atoms with Crippen LogP contribution >= 0.6 is 0 Å². The van der Waals surface area contributed by atoms with E-state index in [1.807, 2.05) is 121 Å². The average molecular weight is 489 g/mol. The fraction of sp³-hybridized carbons (Fsp3) is 0.0938. The Bertz CT molecular complexity index is 1430. The summed E-state index contributed by atoms with van der Waals surface area (Å²) < 4.78 is 18.2. The van der Waals surface area contributed by atoms with Gasteiger partial charge in [-0.1, -0.05) is 91.0 Å². The standard InChI is InChI=1S/C32H28N2O3/c33-28-18-27(19-29(20-28)35-21-24-10-4-1-5-11-24)30-16-17-31(36-22-25-12-6-2-7-13-25)34-32(30)37-23-26-14-8-3-9-15-26/h1-20H,21-23,33H2. The van der Waals surface area contributed by atoms with Gasteiger partial charge in [0.1, 0.15) is 25.6 Å². The van der Waals surface area contributed by atoms with E-state index < -0.39 is 0 Å². The second kappa shape index (κ2) is 11.8. The lowest BCUT2D eigenvalue weighted by Gasteiger charge is -2.15. The van der Waals surface area contributed by atoms with Gasteiger partial charge in [-0.3, -0.25) is 0 Å². The van der Waals surface area contributed by atoms with Gasteiger partial charge in [0.2, 0.25) is 11.8 Å². The van der Waals surface area contributed by atoms with Crippen molar-refractivity contribution in [3.8, 4) is 28.6 Å². The lowest BCUT2D eigenvalue weighted by atomic mass is 10.1. The van der Waals surface area contributed by atoms with E-state index in [0.717, 1.165) is 27.8 Å². The van der Waals surface area contributed by atoms with Gasteiger partial charge in [-0.2, -0.15) is 4.98 Å². The summed E-state index contributed by atoms with van der Waals surface area (Å²) in [7, 11) is 0. The van der Waals surface area contributed by atoms with Crippen LogP contribution in [0.25, 0.3) is 11.1 Å². The van der Waals surface area contributed by atoms with E-state index in [-0.39, 0.29) is 0 Å². The molecule has 0 spiro atoms. The van der Waals surface area contributed by atoms with E-state index in [1.54, 1.807) is 0 Å². The highest BCUT2D eigenvalue weighted by molar-refractivity contribution is 5.73. The van der Waals surface area contributed by atoms with E-state index in [1.165, 1.54) is 0 Å². The minimum atomic E-state index is 0.378. The maximum atomic E-state index is 6.26. The van der Waals surface area contributed by atoms with Crippen LogP contribution in [0.5, 0.6) is 17.5 Å². The molecule has 0 amide bonds. The van der Waals surface area contributed by atoms with Gasteiger partial charge in [-0.25, -0.2) is 0 Å². The number of rotatable bonds is 10. The fourth-order valence-corrected chi connectivity index (χ4v) is 3.89. The first-order valence-electron chi connectivity index (χ1n) is 12.1. The van der Waals surface area contributed by atoms with Gasteiger partial charge >= 0.3 is 0 Å². The van der Waals surface area contributed by atoms with Gasteiger partial charge in [0, 0.05) is 23.4 Å². The molecular weight excluding hydrogens is 460 g/mol. The van der Waals surface area contributed by atoms with Crippen LogP contribution in [0, 0.1) is 0 Å². The largest absolute Gasteiger partial charge is 0.489 e. The van der Waals surface area contributed by atoms with E-state index in [2.05, 4.69) is 0 Å². The summed E-state index contributed by atoms with van der Waals surface area (Å²) in [5.74, 6) is 1.63. The van der Waals surface area contributed by atoms with Crippen molar-refractivity contribution in [2.45, 2.75) is 19.8 Å². The van der Waals surface area contributed by atoms with Crippen molar-refractivity contribution in [3.05, 3.63) is 138 Å². The molecule has 0 radical (unpaired) electrons. The SMILES string of the molecule is Nc1cc(OCc2ccccc2)cc(-c2ccc(OCc3ccccc3)nc2OCc2ccccc2)c1. The Kier molecular flexibility index (Phi) is 7.62. The van der Waals surface area contributed by atoms with Gasteiger partial charge in [-0.05, 0) is 40.5 Å². The lowest BCUT2D eigenvalue weighted by Crippen LogP contribution is -2.03. The average Bonchev–Trinajstić information content (AvgIpc) is 2.95. The van der Waals surface area contributed by atoms with Crippen LogP contribution in [0.2, 0.25) is 0 Å². The Morgan fingerprint density at radius 2 is 1.08 bits per heavy atom. The summed E-state index contributed by atoms with van der Waals surface area (Å²) in [6.07, 6.45) is 0. The Hall–Kier alpha value is -4.77. The minimum absolute atomic E-state index is 0.378. The van der Waals surface area contributed by atoms with Crippen LogP contribution < -0.4 is 19.9 Å². The molecule has 1 heterocycles. The molecule has 5 rings (SSSR count). The molecular formula is C32H28N2O3. The first-order chi connectivity index (χ1) is 18.2. The highest BCUT2D eigenvalue weighted by Crippen LogP contribution is 2.35. The molecule has 5 nitrogen and oxygen atoms in total. The number of pyridine rings is 1. The molecule has 37 heavy (non-hydrogen) atoms. The Labute approximate surface area is 217 Å². The smallest absolute Gasteiger partial charge is 0.225 e. The predicted molar refractivity (Wildman–Crippen MR) is 146 cm³/mol. The second-order valence-electron chi connectivity index (χ2n) is 8.62. The van der Waals surface area contributed by atoms with Crippen LogP contribution in [0.15, 0.2) is 121 Å². The van der Waals surface area contributed by atoms with Crippen molar-refractivity contribution in [1.29, 1.82) is 0 Å². The van der Waals surface area contributed by atoms with E-state index in [9.17, 15) is 0 Å². The van der Waals surface area contributed by atoms with Gasteiger partial charge in [0.15, 0.2) is 0 Å². The van der Waals surface area contributed by atoms with Gasteiger partial charge < -0.3 is 19.9 Å². The summed E-state index contributed by atoms with van der Waals surface area (Å²) >= 11 is 0. The highest BCUT2D eigenvalue weighted by Gasteiger charge is 2.13. The van der Waals surface area contributed by atoms with Gasteiger partial charge in [0.25, 0.3) is 0 Å². The number of nitrogen functional groups attached to an aromatic ring is 1. The Balaban J connectivity index is 1.41. The van der Waals surface area contributed by atoms with Crippen LogP contribution in [0.3, 0.4) is 0 Å². The molecule has 4 aromatic carbocycles.